The Bertz CT molecular complexity index is 723. The van der Waals surface area contributed by atoms with E-state index in [0.29, 0.717) is 12.5 Å². The second-order valence-corrected chi connectivity index (χ2v) is 5.51. The molecule has 5 nitrogen and oxygen atoms in total. The summed E-state index contributed by atoms with van der Waals surface area (Å²) in [7, 11) is 0. The molecule has 3 aromatic rings. The second-order valence-electron chi connectivity index (χ2n) is 5.51. The molecule has 0 aliphatic rings. The molecule has 0 saturated heterocycles. The first-order valence-electron chi connectivity index (χ1n) is 6.84. The van der Waals surface area contributed by atoms with Crippen molar-refractivity contribution in [3.63, 3.8) is 0 Å². The quantitative estimate of drug-likeness (QED) is 0.740. The number of anilines is 1. The zero-order chi connectivity index (χ0) is 14.1. The van der Waals surface area contributed by atoms with Gasteiger partial charge in [-0.25, -0.2) is 9.67 Å². The number of hydrogen-bond donors (Lipinski definition) is 1. The third-order valence-electron chi connectivity index (χ3n) is 3.34. The molecule has 2 N–H and O–H groups in total. The van der Waals surface area contributed by atoms with Gasteiger partial charge in [0.2, 0.25) is 0 Å². The van der Waals surface area contributed by atoms with Crippen LogP contribution in [0.5, 0.6) is 0 Å². The summed E-state index contributed by atoms with van der Waals surface area (Å²) < 4.78 is 4.13. The van der Waals surface area contributed by atoms with Gasteiger partial charge in [-0.2, -0.15) is 5.10 Å². The average Bonchev–Trinajstić information content (AvgIpc) is 2.98. The summed E-state index contributed by atoms with van der Waals surface area (Å²) in [5.41, 5.74) is 7.78. The Balaban J connectivity index is 1.93. The van der Waals surface area contributed by atoms with Gasteiger partial charge in [-0.3, -0.25) is 0 Å². The van der Waals surface area contributed by atoms with Crippen LogP contribution in [-0.4, -0.2) is 19.3 Å². The molecule has 2 aromatic heterocycles. The van der Waals surface area contributed by atoms with Crippen LogP contribution in [0.4, 0.5) is 5.69 Å². The first-order valence-corrected chi connectivity index (χ1v) is 6.84. The number of nitrogens with two attached hydrogens (primary N) is 1. The van der Waals surface area contributed by atoms with Gasteiger partial charge in [-0.1, -0.05) is 19.9 Å². The highest BCUT2D eigenvalue weighted by atomic mass is 15.3. The van der Waals surface area contributed by atoms with Crippen molar-refractivity contribution < 1.29 is 0 Å². The van der Waals surface area contributed by atoms with E-state index >= 15 is 0 Å². The Kier molecular flexibility index (Phi) is 3.18. The third kappa shape index (κ3) is 2.39. The van der Waals surface area contributed by atoms with Crippen LogP contribution in [0.1, 0.15) is 19.7 Å². The van der Waals surface area contributed by atoms with E-state index in [1.165, 1.54) is 5.39 Å². The number of fused-ring (bicyclic) bond motifs is 1. The predicted octanol–water partition coefficient (Wildman–Crippen LogP) is 2.52. The first kappa shape index (κ1) is 12.7. The Labute approximate surface area is 118 Å². The fraction of sp³-hybridized carbons (Fsp3) is 0.333. The predicted molar refractivity (Wildman–Crippen MR) is 80.3 cm³/mol. The van der Waals surface area contributed by atoms with E-state index in [9.17, 15) is 0 Å². The largest absolute Gasteiger partial charge is 0.399 e. The molecule has 1 aromatic carbocycles. The molecule has 2 heterocycles. The number of benzene rings is 1. The van der Waals surface area contributed by atoms with Crippen molar-refractivity contribution in [2.45, 2.75) is 26.9 Å². The van der Waals surface area contributed by atoms with Crippen molar-refractivity contribution in [3.05, 3.63) is 42.6 Å². The normalized spacial score (nSPS) is 11.6. The molecule has 0 spiro atoms. The van der Waals surface area contributed by atoms with E-state index < -0.39 is 0 Å². The molecule has 5 heteroatoms. The van der Waals surface area contributed by atoms with Gasteiger partial charge in [0.1, 0.15) is 12.2 Å². The molecule has 3 rings (SSSR count). The van der Waals surface area contributed by atoms with E-state index in [1.54, 1.807) is 6.33 Å². The molecular weight excluding hydrogens is 250 g/mol. The van der Waals surface area contributed by atoms with Gasteiger partial charge in [0.05, 0.1) is 12.1 Å². The maximum absolute atomic E-state index is 5.87. The zero-order valence-electron chi connectivity index (χ0n) is 11.8. The van der Waals surface area contributed by atoms with Gasteiger partial charge in [0.25, 0.3) is 0 Å². The third-order valence-corrected chi connectivity index (χ3v) is 3.34. The SMILES string of the molecule is CC(C)Cn1ncnc1Cn1ccc2ccc(N)cc21. The molecule has 0 fully saturated rings. The number of hydrogen-bond acceptors (Lipinski definition) is 3. The van der Waals surface area contributed by atoms with Gasteiger partial charge < -0.3 is 10.3 Å². The van der Waals surface area contributed by atoms with Crippen molar-refractivity contribution in [2.75, 3.05) is 5.73 Å². The molecule has 0 unspecified atom stereocenters. The minimum atomic E-state index is 0.549. The lowest BCUT2D eigenvalue weighted by Gasteiger charge is -2.10. The van der Waals surface area contributed by atoms with Gasteiger partial charge in [-0.05, 0) is 29.5 Å². The van der Waals surface area contributed by atoms with Crippen molar-refractivity contribution in [2.24, 2.45) is 5.92 Å². The van der Waals surface area contributed by atoms with E-state index in [-0.39, 0.29) is 0 Å². The molecule has 0 aliphatic heterocycles. The lowest BCUT2D eigenvalue weighted by molar-refractivity contribution is 0.462. The zero-order valence-corrected chi connectivity index (χ0v) is 11.8. The van der Waals surface area contributed by atoms with Crippen LogP contribution in [-0.2, 0) is 13.1 Å². The monoisotopic (exact) mass is 269 g/mol. The maximum Gasteiger partial charge on any atom is 0.146 e. The molecule has 20 heavy (non-hydrogen) atoms. The Morgan fingerprint density at radius 3 is 2.90 bits per heavy atom. The Morgan fingerprint density at radius 1 is 1.25 bits per heavy atom. The number of rotatable bonds is 4. The first-order chi connectivity index (χ1) is 9.63. The summed E-state index contributed by atoms with van der Waals surface area (Å²) in [4.78, 5) is 4.37. The molecule has 104 valence electrons. The van der Waals surface area contributed by atoms with Crippen LogP contribution in [0.2, 0.25) is 0 Å². The van der Waals surface area contributed by atoms with E-state index in [0.717, 1.165) is 23.6 Å². The van der Waals surface area contributed by atoms with Crippen LogP contribution < -0.4 is 5.73 Å². The molecule has 0 aliphatic carbocycles. The second kappa shape index (κ2) is 5.00. The minimum Gasteiger partial charge on any atom is -0.399 e. The summed E-state index contributed by atoms with van der Waals surface area (Å²) >= 11 is 0. The van der Waals surface area contributed by atoms with E-state index in [1.807, 2.05) is 22.9 Å². The fourth-order valence-electron chi connectivity index (χ4n) is 2.40. The van der Waals surface area contributed by atoms with Crippen LogP contribution in [0.15, 0.2) is 36.8 Å². The van der Waals surface area contributed by atoms with Gasteiger partial charge in [-0.15, -0.1) is 0 Å². The minimum absolute atomic E-state index is 0.549. The molecular formula is C15H19N5. The molecule has 0 radical (unpaired) electrons. The summed E-state index contributed by atoms with van der Waals surface area (Å²) in [6.45, 7) is 5.95. The van der Waals surface area contributed by atoms with Crippen molar-refractivity contribution in [3.8, 4) is 0 Å². The van der Waals surface area contributed by atoms with Crippen LogP contribution in [0.3, 0.4) is 0 Å². The highest BCUT2D eigenvalue weighted by molar-refractivity contribution is 5.83. The Morgan fingerprint density at radius 2 is 2.10 bits per heavy atom. The lowest BCUT2D eigenvalue weighted by atomic mass is 10.2. The van der Waals surface area contributed by atoms with E-state index in [4.69, 9.17) is 5.73 Å². The average molecular weight is 269 g/mol. The van der Waals surface area contributed by atoms with Crippen LogP contribution in [0.25, 0.3) is 10.9 Å². The van der Waals surface area contributed by atoms with Gasteiger partial charge in [0.15, 0.2) is 0 Å². The standard InChI is InChI=1S/C15H19N5/c1-11(2)8-20-15(17-10-18-20)9-19-6-5-12-3-4-13(16)7-14(12)19/h3-7,10-11H,8-9,16H2,1-2H3. The van der Waals surface area contributed by atoms with Crippen molar-refractivity contribution in [1.29, 1.82) is 0 Å². The van der Waals surface area contributed by atoms with Gasteiger partial charge in [0, 0.05) is 18.4 Å². The molecule has 0 saturated carbocycles. The highest BCUT2D eigenvalue weighted by Crippen LogP contribution is 2.19. The summed E-state index contributed by atoms with van der Waals surface area (Å²) in [5.74, 6) is 1.52. The lowest BCUT2D eigenvalue weighted by Crippen LogP contribution is -2.13. The number of nitrogen functional groups attached to an aromatic ring is 1. The van der Waals surface area contributed by atoms with Crippen molar-refractivity contribution in [1.82, 2.24) is 19.3 Å². The number of aromatic nitrogens is 4. The summed E-state index contributed by atoms with van der Waals surface area (Å²) in [6.07, 6.45) is 3.69. The Hall–Kier alpha value is -2.30. The van der Waals surface area contributed by atoms with Crippen LogP contribution >= 0.6 is 0 Å². The summed E-state index contributed by atoms with van der Waals surface area (Å²) in [6, 6.07) is 8.06. The smallest absolute Gasteiger partial charge is 0.146 e. The fourth-order valence-corrected chi connectivity index (χ4v) is 2.40. The molecule has 0 amide bonds. The van der Waals surface area contributed by atoms with Crippen molar-refractivity contribution >= 4 is 16.6 Å². The topological polar surface area (TPSA) is 61.7 Å². The summed E-state index contributed by atoms with van der Waals surface area (Å²) in [5, 5.41) is 5.49. The van der Waals surface area contributed by atoms with Crippen LogP contribution in [0, 0.1) is 5.92 Å². The van der Waals surface area contributed by atoms with Gasteiger partial charge >= 0.3 is 0 Å². The molecule has 0 bridgehead atoms. The number of nitrogens with zero attached hydrogens (tertiary/aromatic N) is 4. The maximum atomic E-state index is 5.87. The van der Waals surface area contributed by atoms with E-state index in [2.05, 4.69) is 40.8 Å². The molecule has 0 atom stereocenters. The highest BCUT2D eigenvalue weighted by Gasteiger charge is 2.09.